The van der Waals surface area contributed by atoms with Gasteiger partial charge in [-0.3, -0.25) is 4.98 Å². The quantitative estimate of drug-likeness (QED) is 0.900. The second-order valence-electron chi connectivity index (χ2n) is 3.94. The van der Waals surface area contributed by atoms with Crippen LogP contribution in [0.5, 0.6) is 11.5 Å². The van der Waals surface area contributed by atoms with Crippen LogP contribution in [0.15, 0.2) is 36.7 Å². The summed E-state index contributed by atoms with van der Waals surface area (Å²) in [6, 6.07) is 4.87. The zero-order valence-corrected chi connectivity index (χ0v) is 10.5. The molecule has 1 aromatic carbocycles. The van der Waals surface area contributed by atoms with E-state index in [9.17, 15) is 8.78 Å². The Hall–Kier alpha value is -2.01. The number of hydrogen-bond donors (Lipinski definition) is 1. The fourth-order valence-corrected chi connectivity index (χ4v) is 1.58. The minimum absolute atomic E-state index is 0.147. The van der Waals surface area contributed by atoms with Gasteiger partial charge in [-0.2, -0.15) is 0 Å². The predicted molar refractivity (Wildman–Crippen MR) is 68.0 cm³/mol. The third kappa shape index (κ3) is 3.48. The Morgan fingerprint density at radius 3 is 2.84 bits per heavy atom. The first-order chi connectivity index (χ1) is 9.20. The van der Waals surface area contributed by atoms with E-state index in [-0.39, 0.29) is 5.75 Å². The maximum absolute atomic E-state index is 13.5. The SMILES string of the molecule is CCNCc1ccncc1Oc1cc(F)ccc1F. The van der Waals surface area contributed by atoms with E-state index in [0.29, 0.717) is 12.3 Å². The summed E-state index contributed by atoms with van der Waals surface area (Å²) in [5, 5.41) is 3.14. The van der Waals surface area contributed by atoms with Crippen molar-refractivity contribution in [2.24, 2.45) is 0 Å². The first kappa shape index (κ1) is 13.4. The number of benzene rings is 1. The monoisotopic (exact) mass is 264 g/mol. The summed E-state index contributed by atoms with van der Waals surface area (Å²) < 4.78 is 32.0. The van der Waals surface area contributed by atoms with Crippen LogP contribution >= 0.6 is 0 Å². The Balaban J connectivity index is 2.25. The fourth-order valence-electron chi connectivity index (χ4n) is 1.58. The Morgan fingerprint density at radius 1 is 1.21 bits per heavy atom. The van der Waals surface area contributed by atoms with Crippen LogP contribution in [-0.4, -0.2) is 11.5 Å². The van der Waals surface area contributed by atoms with Crippen molar-refractivity contribution < 1.29 is 13.5 Å². The largest absolute Gasteiger partial charge is 0.452 e. The molecule has 0 unspecified atom stereocenters. The standard InChI is InChI=1S/C14H14F2N2O/c1-2-17-8-10-5-6-18-9-14(10)19-13-7-11(15)3-4-12(13)16/h3-7,9,17H,2,8H2,1H3. The summed E-state index contributed by atoms with van der Waals surface area (Å²) in [6.45, 7) is 3.36. The highest BCUT2D eigenvalue weighted by Gasteiger charge is 2.09. The molecule has 2 aromatic rings. The lowest BCUT2D eigenvalue weighted by Crippen LogP contribution is -2.12. The lowest BCUT2D eigenvalue weighted by Gasteiger charge is -2.11. The first-order valence-corrected chi connectivity index (χ1v) is 5.97. The molecule has 0 saturated heterocycles. The highest BCUT2D eigenvalue weighted by Crippen LogP contribution is 2.27. The normalized spacial score (nSPS) is 10.5. The Morgan fingerprint density at radius 2 is 2.05 bits per heavy atom. The molecule has 1 heterocycles. The van der Waals surface area contributed by atoms with Crippen LogP contribution in [-0.2, 0) is 6.54 Å². The zero-order valence-electron chi connectivity index (χ0n) is 10.5. The van der Waals surface area contributed by atoms with Gasteiger partial charge < -0.3 is 10.1 Å². The van der Waals surface area contributed by atoms with Crippen LogP contribution in [0.4, 0.5) is 8.78 Å². The summed E-state index contributed by atoms with van der Waals surface area (Å²) in [5.74, 6) is -0.896. The first-order valence-electron chi connectivity index (χ1n) is 5.97. The number of pyridine rings is 1. The van der Waals surface area contributed by atoms with Crippen molar-refractivity contribution in [2.75, 3.05) is 6.54 Å². The third-order valence-corrected chi connectivity index (χ3v) is 2.55. The number of nitrogens with zero attached hydrogens (tertiary/aromatic N) is 1. The Kier molecular flexibility index (Phi) is 4.41. The number of aromatic nitrogens is 1. The minimum Gasteiger partial charge on any atom is -0.452 e. The summed E-state index contributed by atoms with van der Waals surface area (Å²) in [7, 11) is 0. The van der Waals surface area contributed by atoms with Crippen molar-refractivity contribution in [3.63, 3.8) is 0 Å². The van der Waals surface area contributed by atoms with E-state index >= 15 is 0 Å². The van der Waals surface area contributed by atoms with Gasteiger partial charge in [0.05, 0.1) is 6.20 Å². The second kappa shape index (κ2) is 6.24. The van der Waals surface area contributed by atoms with Gasteiger partial charge in [0, 0.05) is 24.4 Å². The van der Waals surface area contributed by atoms with Crippen molar-refractivity contribution in [2.45, 2.75) is 13.5 Å². The van der Waals surface area contributed by atoms with E-state index in [1.54, 1.807) is 12.3 Å². The van der Waals surface area contributed by atoms with E-state index in [4.69, 9.17) is 4.74 Å². The summed E-state index contributed by atoms with van der Waals surface area (Å²) >= 11 is 0. The van der Waals surface area contributed by atoms with Crippen LogP contribution in [0.1, 0.15) is 12.5 Å². The van der Waals surface area contributed by atoms with E-state index in [1.165, 1.54) is 6.20 Å². The summed E-state index contributed by atoms with van der Waals surface area (Å²) in [6.07, 6.45) is 3.11. The van der Waals surface area contributed by atoms with Gasteiger partial charge in [-0.1, -0.05) is 6.92 Å². The van der Waals surface area contributed by atoms with Crippen LogP contribution in [0.3, 0.4) is 0 Å². The van der Waals surface area contributed by atoms with Gasteiger partial charge in [-0.25, -0.2) is 8.78 Å². The molecular weight excluding hydrogens is 250 g/mol. The second-order valence-corrected chi connectivity index (χ2v) is 3.94. The zero-order chi connectivity index (χ0) is 13.7. The predicted octanol–water partition coefficient (Wildman–Crippen LogP) is 3.26. The van der Waals surface area contributed by atoms with Gasteiger partial charge in [0.1, 0.15) is 11.6 Å². The van der Waals surface area contributed by atoms with Crippen molar-refractivity contribution in [3.8, 4) is 11.5 Å². The van der Waals surface area contributed by atoms with Crippen LogP contribution in [0.25, 0.3) is 0 Å². The average molecular weight is 264 g/mol. The maximum Gasteiger partial charge on any atom is 0.166 e. The molecule has 2 rings (SSSR count). The Bertz CT molecular complexity index is 561. The van der Waals surface area contributed by atoms with Gasteiger partial charge in [0.2, 0.25) is 0 Å². The van der Waals surface area contributed by atoms with Crippen LogP contribution in [0.2, 0.25) is 0 Å². The molecule has 0 spiro atoms. The van der Waals surface area contributed by atoms with Gasteiger partial charge >= 0.3 is 0 Å². The lowest BCUT2D eigenvalue weighted by molar-refractivity contribution is 0.429. The number of rotatable bonds is 5. The molecule has 1 aromatic heterocycles. The van der Waals surface area contributed by atoms with Crippen molar-refractivity contribution in [3.05, 3.63) is 53.9 Å². The third-order valence-electron chi connectivity index (χ3n) is 2.55. The molecule has 100 valence electrons. The maximum atomic E-state index is 13.5. The number of hydrogen-bond acceptors (Lipinski definition) is 3. The molecule has 5 heteroatoms. The summed E-state index contributed by atoms with van der Waals surface area (Å²) in [4.78, 5) is 3.93. The Labute approximate surface area is 110 Å². The highest BCUT2D eigenvalue weighted by atomic mass is 19.1. The fraction of sp³-hybridized carbons (Fsp3) is 0.214. The lowest BCUT2D eigenvalue weighted by atomic mass is 10.2. The molecule has 0 saturated carbocycles. The molecular formula is C14H14F2N2O. The van der Waals surface area contributed by atoms with E-state index < -0.39 is 11.6 Å². The topological polar surface area (TPSA) is 34.2 Å². The number of nitrogens with one attached hydrogen (secondary N) is 1. The van der Waals surface area contributed by atoms with E-state index in [0.717, 1.165) is 30.3 Å². The number of halogens is 2. The van der Waals surface area contributed by atoms with E-state index in [1.807, 2.05) is 6.92 Å². The molecule has 0 aliphatic carbocycles. The highest BCUT2D eigenvalue weighted by molar-refractivity contribution is 5.36. The summed E-state index contributed by atoms with van der Waals surface area (Å²) in [5.41, 5.74) is 0.834. The number of ether oxygens (including phenoxy) is 1. The van der Waals surface area contributed by atoms with Gasteiger partial charge in [-0.15, -0.1) is 0 Å². The minimum atomic E-state index is -0.611. The van der Waals surface area contributed by atoms with Gasteiger partial charge in [0.25, 0.3) is 0 Å². The molecule has 3 nitrogen and oxygen atoms in total. The van der Waals surface area contributed by atoms with Crippen molar-refractivity contribution in [1.29, 1.82) is 0 Å². The van der Waals surface area contributed by atoms with Crippen LogP contribution < -0.4 is 10.1 Å². The average Bonchev–Trinajstić information content (AvgIpc) is 2.42. The molecule has 0 bridgehead atoms. The van der Waals surface area contributed by atoms with Crippen molar-refractivity contribution >= 4 is 0 Å². The van der Waals surface area contributed by atoms with Crippen molar-refractivity contribution in [1.82, 2.24) is 10.3 Å². The van der Waals surface area contributed by atoms with E-state index in [2.05, 4.69) is 10.3 Å². The van der Waals surface area contributed by atoms with Crippen LogP contribution in [0, 0.1) is 11.6 Å². The molecule has 1 N–H and O–H groups in total. The molecule has 0 aliphatic rings. The van der Waals surface area contributed by atoms with Gasteiger partial charge in [0.15, 0.2) is 11.6 Å². The molecule has 0 aliphatic heterocycles. The smallest absolute Gasteiger partial charge is 0.166 e. The molecule has 0 fully saturated rings. The molecule has 19 heavy (non-hydrogen) atoms. The van der Waals surface area contributed by atoms with Gasteiger partial charge in [-0.05, 0) is 24.7 Å². The molecule has 0 radical (unpaired) electrons. The molecule has 0 atom stereocenters. The molecule has 0 amide bonds.